The number of para-hydroxylation sites is 1. The maximum absolute atomic E-state index is 6.76. The second kappa shape index (κ2) is 11.2. The molecule has 9 aromatic rings. The van der Waals surface area contributed by atoms with E-state index in [1.807, 2.05) is 18.2 Å². The van der Waals surface area contributed by atoms with Crippen molar-refractivity contribution in [1.82, 2.24) is 10.6 Å². The molecule has 1 aliphatic rings. The lowest BCUT2D eigenvalue weighted by molar-refractivity contribution is 0.409. The van der Waals surface area contributed by atoms with Gasteiger partial charge in [-0.1, -0.05) is 140 Å². The third-order valence-corrected chi connectivity index (χ3v) is 9.95. The molecule has 1 aliphatic heterocycles. The molecule has 8 aromatic carbocycles. The molecule has 4 nitrogen and oxygen atoms in total. The number of hydrogen-bond acceptors (Lipinski definition) is 4. The zero-order valence-electron chi connectivity index (χ0n) is 26.6. The molecule has 2 atom stereocenters. The van der Waals surface area contributed by atoms with Crippen molar-refractivity contribution in [2.75, 3.05) is 0 Å². The van der Waals surface area contributed by atoms with E-state index in [-0.39, 0.29) is 12.3 Å². The lowest BCUT2D eigenvalue weighted by atomic mass is 9.91. The minimum absolute atomic E-state index is 0.129. The van der Waals surface area contributed by atoms with E-state index < -0.39 is 0 Å². The summed E-state index contributed by atoms with van der Waals surface area (Å²) in [7, 11) is 0. The zero-order chi connectivity index (χ0) is 32.3. The normalized spacial score (nSPS) is 16.4. The predicted molar refractivity (Wildman–Crippen MR) is 203 cm³/mol. The van der Waals surface area contributed by atoms with E-state index in [2.05, 4.69) is 156 Å². The number of nitrogens with one attached hydrogen (secondary N) is 2. The molecule has 49 heavy (non-hydrogen) atoms. The Labute approximate surface area is 283 Å². The molecule has 0 amide bonds. The Hall–Kier alpha value is -6.23. The predicted octanol–water partition coefficient (Wildman–Crippen LogP) is 11.0. The Kier molecular flexibility index (Phi) is 6.36. The standard InChI is InChI=1S/C45H31N3O/c1-3-13-28(14-4-1)43-46-44(29-15-5-2-6-16-29)48-45(47-43)38-26-25-31(42-41(38)37-21-11-12-22-40(37)49-42)30-23-24-36-34-19-8-7-17-32(34)33-18-9-10-20-35(33)39(36)27-30/h1-27,43-44,46H,(H,47,48). The van der Waals surface area contributed by atoms with Crippen LogP contribution in [0, 0.1) is 0 Å². The number of amidine groups is 1. The van der Waals surface area contributed by atoms with Gasteiger partial charge in [0, 0.05) is 21.9 Å². The van der Waals surface area contributed by atoms with Crippen LogP contribution < -0.4 is 10.6 Å². The van der Waals surface area contributed by atoms with E-state index in [9.17, 15) is 0 Å². The minimum Gasteiger partial charge on any atom is -0.455 e. The summed E-state index contributed by atoms with van der Waals surface area (Å²) in [4.78, 5) is 5.29. The van der Waals surface area contributed by atoms with Crippen LogP contribution in [0.5, 0.6) is 0 Å². The van der Waals surface area contributed by atoms with Crippen molar-refractivity contribution in [3.05, 3.63) is 180 Å². The minimum atomic E-state index is -0.223. The monoisotopic (exact) mass is 629 g/mol. The summed E-state index contributed by atoms with van der Waals surface area (Å²) in [6.45, 7) is 0. The van der Waals surface area contributed by atoms with E-state index in [0.717, 1.165) is 55.6 Å². The molecule has 2 unspecified atom stereocenters. The highest BCUT2D eigenvalue weighted by atomic mass is 16.3. The summed E-state index contributed by atoms with van der Waals surface area (Å²) in [6, 6.07) is 58.0. The summed E-state index contributed by atoms with van der Waals surface area (Å²) in [6.07, 6.45) is -0.352. The molecule has 0 saturated carbocycles. The molecule has 4 heteroatoms. The van der Waals surface area contributed by atoms with Crippen molar-refractivity contribution in [2.45, 2.75) is 12.3 Å². The van der Waals surface area contributed by atoms with Crippen molar-refractivity contribution >= 4 is 60.1 Å². The molecule has 0 radical (unpaired) electrons. The fourth-order valence-electron chi connectivity index (χ4n) is 7.65. The van der Waals surface area contributed by atoms with Gasteiger partial charge in [-0.15, -0.1) is 0 Å². The largest absolute Gasteiger partial charge is 0.455 e. The number of furan rings is 1. The first-order valence-electron chi connectivity index (χ1n) is 16.8. The summed E-state index contributed by atoms with van der Waals surface area (Å²) < 4.78 is 6.76. The van der Waals surface area contributed by atoms with Gasteiger partial charge in [0.25, 0.3) is 0 Å². The van der Waals surface area contributed by atoms with Crippen molar-refractivity contribution in [3.63, 3.8) is 0 Å². The topological polar surface area (TPSA) is 49.6 Å². The van der Waals surface area contributed by atoms with Crippen LogP contribution in [0.15, 0.2) is 173 Å². The van der Waals surface area contributed by atoms with Crippen LogP contribution in [0.1, 0.15) is 29.0 Å². The van der Waals surface area contributed by atoms with Crippen LogP contribution >= 0.6 is 0 Å². The molecule has 2 N–H and O–H groups in total. The van der Waals surface area contributed by atoms with Crippen LogP contribution in [0.25, 0.3) is 65.4 Å². The van der Waals surface area contributed by atoms with Crippen molar-refractivity contribution in [1.29, 1.82) is 0 Å². The van der Waals surface area contributed by atoms with Gasteiger partial charge in [0.05, 0.1) is 0 Å². The number of benzene rings is 8. The quantitative estimate of drug-likeness (QED) is 0.190. The summed E-state index contributed by atoms with van der Waals surface area (Å²) in [5, 5.41) is 17.2. The number of rotatable bonds is 4. The van der Waals surface area contributed by atoms with Crippen LogP contribution in [0.4, 0.5) is 0 Å². The highest BCUT2D eigenvalue weighted by Gasteiger charge is 2.28. The molecule has 1 aromatic heterocycles. The third-order valence-electron chi connectivity index (χ3n) is 9.95. The molecule has 0 fully saturated rings. The van der Waals surface area contributed by atoms with Crippen LogP contribution in [-0.4, -0.2) is 5.84 Å². The van der Waals surface area contributed by atoms with Crippen LogP contribution in [0.3, 0.4) is 0 Å². The smallest absolute Gasteiger partial charge is 0.143 e. The number of hydrogen-bond donors (Lipinski definition) is 2. The second-order valence-electron chi connectivity index (χ2n) is 12.8. The first kappa shape index (κ1) is 27.8. The number of aliphatic imine (C=N–C) groups is 1. The number of fused-ring (bicyclic) bond motifs is 9. The fourth-order valence-corrected chi connectivity index (χ4v) is 7.65. The highest BCUT2D eigenvalue weighted by Crippen LogP contribution is 2.42. The average molecular weight is 630 g/mol. The van der Waals surface area contributed by atoms with Gasteiger partial charge in [-0.25, -0.2) is 4.99 Å². The molecule has 10 rings (SSSR count). The van der Waals surface area contributed by atoms with Gasteiger partial charge in [-0.3, -0.25) is 5.32 Å². The summed E-state index contributed by atoms with van der Waals surface area (Å²) in [5.74, 6) is 0.834. The SMILES string of the molecule is c1ccc(C2N=C(c3ccc(-c4ccc5c6ccccc6c6ccccc6c5c4)c4oc5ccccc5c34)NC(c3ccccc3)N2)cc1. The fraction of sp³-hybridized carbons (Fsp3) is 0.0444. The Morgan fingerprint density at radius 2 is 1.02 bits per heavy atom. The van der Waals surface area contributed by atoms with Gasteiger partial charge in [0.2, 0.25) is 0 Å². The molecular weight excluding hydrogens is 599 g/mol. The first-order valence-corrected chi connectivity index (χ1v) is 16.8. The number of nitrogens with zero attached hydrogens (tertiary/aromatic N) is 1. The van der Waals surface area contributed by atoms with Gasteiger partial charge in [-0.2, -0.15) is 0 Å². The average Bonchev–Trinajstić information content (AvgIpc) is 3.58. The van der Waals surface area contributed by atoms with Crippen LogP contribution in [0.2, 0.25) is 0 Å². The van der Waals surface area contributed by atoms with Crippen molar-refractivity contribution in [2.24, 2.45) is 4.99 Å². The van der Waals surface area contributed by atoms with Gasteiger partial charge in [0.15, 0.2) is 0 Å². The summed E-state index contributed by atoms with van der Waals surface area (Å²) >= 11 is 0. The molecule has 2 heterocycles. The molecule has 0 saturated heterocycles. The molecular formula is C45H31N3O. The Bertz CT molecular complexity index is 2690. The van der Waals surface area contributed by atoms with Crippen LogP contribution in [-0.2, 0) is 0 Å². The zero-order valence-corrected chi connectivity index (χ0v) is 26.6. The van der Waals surface area contributed by atoms with Gasteiger partial charge in [-0.05, 0) is 73.3 Å². The molecule has 232 valence electrons. The summed E-state index contributed by atoms with van der Waals surface area (Å²) in [5.41, 5.74) is 7.18. The van der Waals surface area contributed by atoms with E-state index in [1.54, 1.807) is 0 Å². The molecule has 0 bridgehead atoms. The maximum atomic E-state index is 6.76. The third kappa shape index (κ3) is 4.53. The second-order valence-corrected chi connectivity index (χ2v) is 12.8. The maximum Gasteiger partial charge on any atom is 0.143 e. The molecule has 0 aliphatic carbocycles. The van der Waals surface area contributed by atoms with Gasteiger partial charge >= 0.3 is 0 Å². The highest BCUT2D eigenvalue weighted by molar-refractivity contribution is 6.26. The van der Waals surface area contributed by atoms with E-state index in [4.69, 9.17) is 9.41 Å². The van der Waals surface area contributed by atoms with E-state index >= 15 is 0 Å². The van der Waals surface area contributed by atoms with Crippen molar-refractivity contribution in [3.8, 4) is 11.1 Å². The van der Waals surface area contributed by atoms with E-state index in [1.165, 1.54) is 32.3 Å². The molecule has 0 spiro atoms. The van der Waals surface area contributed by atoms with Crippen molar-refractivity contribution < 1.29 is 4.42 Å². The van der Waals surface area contributed by atoms with E-state index in [0.29, 0.717) is 0 Å². The Balaban J connectivity index is 1.20. The van der Waals surface area contributed by atoms with Gasteiger partial charge < -0.3 is 9.73 Å². The first-order chi connectivity index (χ1) is 24.3. The lowest BCUT2D eigenvalue weighted by Gasteiger charge is -2.32. The Morgan fingerprint density at radius 1 is 0.469 bits per heavy atom. The Morgan fingerprint density at radius 3 is 1.71 bits per heavy atom. The van der Waals surface area contributed by atoms with Gasteiger partial charge in [0.1, 0.15) is 29.3 Å². The lowest BCUT2D eigenvalue weighted by Crippen LogP contribution is -2.45.